The number of para-hydroxylation sites is 1. The summed E-state index contributed by atoms with van der Waals surface area (Å²) in [7, 11) is 4.07. The molecule has 0 aliphatic carbocycles. The molecule has 0 saturated heterocycles. The van der Waals surface area contributed by atoms with Crippen molar-refractivity contribution in [3.8, 4) is 0 Å². The fraction of sp³-hybridized carbons (Fsp3) is 0.250. The van der Waals surface area contributed by atoms with Gasteiger partial charge in [-0.25, -0.2) is 9.97 Å². The number of benzene rings is 2. The molecule has 4 rings (SSSR count). The Bertz CT molecular complexity index is 1110. The Kier molecular flexibility index (Phi) is 7.23. The Hall–Kier alpha value is -1.58. The first-order valence-corrected chi connectivity index (χ1v) is 11.3. The molecule has 0 N–H and O–H groups in total. The molecule has 2 heterocycles. The summed E-state index contributed by atoms with van der Waals surface area (Å²) in [6.07, 6.45) is 0.864. The minimum atomic E-state index is -0.0851. The van der Waals surface area contributed by atoms with E-state index in [1.54, 1.807) is 4.90 Å². The molecule has 1 amide bonds. The lowest BCUT2D eigenvalue weighted by Gasteiger charge is -2.19. The lowest BCUT2D eigenvalue weighted by Crippen LogP contribution is -2.33. The molecular formula is C20H20BrClN4OS2. The summed E-state index contributed by atoms with van der Waals surface area (Å²) in [6, 6.07) is 13.8. The van der Waals surface area contributed by atoms with Gasteiger partial charge in [0.2, 0.25) is 0 Å². The topological polar surface area (TPSA) is 49.3 Å². The number of halogens is 2. The highest BCUT2D eigenvalue weighted by atomic mass is 79.9. The first kappa shape index (κ1) is 22.1. The average molecular weight is 512 g/mol. The number of thiazole rings is 2. The maximum Gasteiger partial charge on any atom is 0.289 e. The zero-order valence-corrected chi connectivity index (χ0v) is 20.0. The summed E-state index contributed by atoms with van der Waals surface area (Å²) in [5.74, 6) is -0.0851. The third kappa shape index (κ3) is 4.95. The summed E-state index contributed by atoms with van der Waals surface area (Å²) in [5, 5.41) is 1.22. The molecule has 0 bridgehead atoms. The molecule has 0 atom stereocenters. The Morgan fingerprint density at radius 1 is 1.00 bits per heavy atom. The summed E-state index contributed by atoms with van der Waals surface area (Å²) in [5.41, 5.74) is 1.76. The third-order valence-electron chi connectivity index (χ3n) is 4.28. The monoisotopic (exact) mass is 510 g/mol. The van der Waals surface area contributed by atoms with Crippen molar-refractivity contribution in [1.29, 1.82) is 0 Å². The maximum absolute atomic E-state index is 13.4. The largest absolute Gasteiger partial charge is 0.309 e. The normalized spacial score (nSPS) is 11.2. The minimum Gasteiger partial charge on any atom is -0.309 e. The average Bonchev–Trinajstić information content (AvgIpc) is 3.27. The Balaban J connectivity index is 0.00000240. The van der Waals surface area contributed by atoms with Crippen LogP contribution < -0.4 is 4.90 Å². The number of carbonyl (C=O) groups is 1. The molecule has 0 fully saturated rings. The molecule has 0 aliphatic rings. The van der Waals surface area contributed by atoms with E-state index in [2.05, 4.69) is 25.8 Å². The fourth-order valence-electron chi connectivity index (χ4n) is 2.91. The van der Waals surface area contributed by atoms with Crippen molar-refractivity contribution in [2.75, 3.05) is 32.1 Å². The van der Waals surface area contributed by atoms with Crippen LogP contribution in [0.3, 0.4) is 0 Å². The van der Waals surface area contributed by atoms with Crippen LogP contribution >= 0.6 is 51.0 Å². The van der Waals surface area contributed by atoms with E-state index in [0.717, 1.165) is 43.0 Å². The highest BCUT2D eigenvalue weighted by molar-refractivity contribution is 9.10. The minimum absolute atomic E-state index is 0. The molecule has 2 aromatic heterocycles. The Morgan fingerprint density at radius 3 is 2.52 bits per heavy atom. The number of hydrogen-bond acceptors (Lipinski definition) is 6. The maximum atomic E-state index is 13.4. The van der Waals surface area contributed by atoms with Gasteiger partial charge in [0, 0.05) is 11.0 Å². The van der Waals surface area contributed by atoms with Crippen LogP contribution in [0, 0.1) is 0 Å². The van der Waals surface area contributed by atoms with Gasteiger partial charge >= 0.3 is 0 Å². The molecule has 29 heavy (non-hydrogen) atoms. The van der Waals surface area contributed by atoms with Crippen molar-refractivity contribution in [2.24, 2.45) is 0 Å². The summed E-state index contributed by atoms with van der Waals surface area (Å²) < 4.78 is 3.08. The molecule has 0 unspecified atom stereocenters. The van der Waals surface area contributed by atoms with Crippen LogP contribution in [-0.2, 0) is 0 Å². The first-order valence-electron chi connectivity index (χ1n) is 8.89. The molecule has 0 radical (unpaired) electrons. The van der Waals surface area contributed by atoms with Gasteiger partial charge in [-0.05, 0) is 57.4 Å². The molecule has 0 aliphatic heterocycles. The van der Waals surface area contributed by atoms with Crippen LogP contribution in [0.2, 0.25) is 0 Å². The van der Waals surface area contributed by atoms with Gasteiger partial charge in [-0.2, -0.15) is 0 Å². The molecular weight excluding hydrogens is 492 g/mol. The smallest absolute Gasteiger partial charge is 0.289 e. The number of carbonyl (C=O) groups excluding carboxylic acids is 1. The van der Waals surface area contributed by atoms with E-state index >= 15 is 0 Å². The van der Waals surface area contributed by atoms with Crippen molar-refractivity contribution in [3.63, 3.8) is 0 Å². The molecule has 9 heteroatoms. The van der Waals surface area contributed by atoms with Crippen molar-refractivity contribution >= 4 is 82.5 Å². The molecule has 2 aromatic carbocycles. The summed E-state index contributed by atoms with van der Waals surface area (Å²) >= 11 is 6.48. The van der Waals surface area contributed by atoms with Crippen LogP contribution in [0.5, 0.6) is 0 Å². The van der Waals surface area contributed by atoms with Crippen molar-refractivity contribution in [1.82, 2.24) is 14.9 Å². The van der Waals surface area contributed by atoms with Crippen molar-refractivity contribution < 1.29 is 4.79 Å². The number of hydrogen-bond donors (Lipinski definition) is 0. The van der Waals surface area contributed by atoms with Gasteiger partial charge in [-0.3, -0.25) is 9.69 Å². The standard InChI is InChI=1S/C20H19BrN4OS2.ClH/c1-24(2)10-5-11-25(20-23-15-9-8-13(21)12-17(15)28-20)19(26)18-22-14-6-3-4-7-16(14)27-18;/h3-4,6-9,12H,5,10-11H2,1-2H3;1H. The molecule has 152 valence electrons. The quantitative estimate of drug-likeness (QED) is 0.334. The number of aromatic nitrogens is 2. The number of amides is 1. The first-order chi connectivity index (χ1) is 13.5. The second kappa shape index (κ2) is 9.49. The van der Waals surface area contributed by atoms with Gasteiger partial charge in [0.25, 0.3) is 5.91 Å². The predicted octanol–water partition coefficient (Wildman–Crippen LogP) is 5.69. The van der Waals surface area contributed by atoms with Gasteiger partial charge in [0.15, 0.2) is 10.1 Å². The SMILES string of the molecule is CN(C)CCCN(C(=O)c1nc2ccccc2s1)c1nc2ccc(Br)cc2s1.Cl. The fourth-order valence-corrected chi connectivity index (χ4v) is 5.37. The van der Waals surface area contributed by atoms with Crippen molar-refractivity contribution in [3.05, 3.63) is 51.9 Å². The van der Waals surface area contributed by atoms with Gasteiger partial charge in [0.05, 0.1) is 20.4 Å². The lowest BCUT2D eigenvalue weighted by atomic mass is 10.3. The zero-order valence-electron chi connectivity index (χ0n) is 16.0. The second-order valence-electron chi connectivity index (χ2n) is 6.71. The van der Waals surface area contributed by atoms with E-state index < -0.39 is 0 Å². The van der Waals surface area contributed by atoms with Crippen LogP contribution in [0.25, 0.3) is 20.4 Å². The van der Waals surface area contributed by atoms with E-state index in [0.29, 0.717) is 11.6 Å². The van der Waals surface area contributed by atoms with E-state index in [1.165, 1.54) is 22.7 Å². The zero-order chi connectivity index (χ0) is 19.7. The van der Waals surface area contributed by atoms with Gasteiger partial charge in [-0.1, -0.05) is 39.4 Å². The lowest BCUT2D eigenvalue weighted by molar-refractivity contribution is 0.0986. The predicted molar refractivity (Wildman–Crippen MR) is 129 cm³/mol. The Morgan fingerprint density at radius 2 is 1.76 bits per heavy atom. The van der Waals surface area contributed by atoms with Crippen LogP contribution in [0.1, 0.15) is 16.2 Å². The summed E-state index contributed by atoms with van der Waals surface area (Å²) in [6.45, 7) is 1.51. The number of anilines is 1. The molecule has 0 saturated carbocycles. The molecule has 0 spiro atoms. The second-order valence-corrected chi connectivity index (χ2v) is 9.66. The molecule has 4 aromatic rings. The molecule has 5 nitrogen and oxygen atoms in total. The van der Waals surface area contributed by atoms with E-state index in [4.69, 9.17) is 4.98 Å². The number of fused-ring (bicyclic) bond motifs is 2. The summed E-state index contributed by atoms with van der Waals surface area (Å²) in [4.78, 5) is 26.5. The van der Waals surface area contributed by atoms with Crippen molar-refractivity contribution in [2.45, 2.75) is 6.42 Å². The highest BCUT2D eigenvalue weighted by Gasteiger charge is 2.24. The number of nitrogens with zero attached hydrogens (tertiary/aromatic N) is 4. The van der Waals surface area contributed by atoms with Crippen LogP contribution in [-0.4, -0.2) is 48.0 Å². The highest BCUT2D eigenvalue weighted by Crippen LogP contribution is 2.32. The Labute approximate surface area is 191 Å². The third-order valence-corrected chi connectivity index (χ3v) is 6.84. The van der Waals surface area contributed by atoms with Crippen LogP contribution in [0.15, 0.2) is 46.9 Å². The van der Waals surface area contributed by atoms with E-state index in [1.807, 2.05) is 56.6 Å². The van der Waals surface area contributed by atoms with Crippen LogP contribution in [0.4, 0.5) is 5.13 Å². The van der Waals surface area contributed by atoms with E-state index in [-0.39, 0.29) is 18.3 Å². The van der Waals surface area contributed by atoms with Gasteiger partial charge < -0.3 is 4.90 Å². The number of rotatable bonds is 6. The van der Waals surface area contributed by atoms with Gasteiger partial charge in [0.1, 0.15) is 0 Å². The van der Waals surface area contributed by atoms with E-state index in [9.17, 15) is 4.79 Å². The van der Waals surface area contributed by atoms with Gasteiger partial charge in [-0.15, -0.1) is 23.7 Å².